The number of para-hydroxylation sites is 1. The average Bonchev–Trinajstić information content (AvgIpc) is 3.46. The van der Waals surface area contributed by atoms with Crippen LogP contribution in [-0.4, -0.2) is 32.7 Å². The van der Waals surface area contributed by atoms with Crippen molar-refractivity contribution in [1.82, 2.24) is 0 Å². The summed E-state index contributed by atoms with van der Waals surface area (Å²) in [6.07, 6.45) is 2.80. The lowest BCUT2D eigenvalue weighted by Gasteiger charge is -2.37. The molecular weight excluding hydrogens is 282 g/mol. The summed E-state index contributed by atoms with van der Waals surface area (Å²) in [7, 11) is 0. The number of anilines is 3. The molecule has 23 heavy (non-hydrogen) atoms. The molecule has 0 amide bonds. The molecule has 0 atom stereocenters. The Balaban J connectivity index is 1.32. The van der Waals surface area contributed by atoms with Crippen LogP contribution < -0.4 is 15.1 Å². The first kappa shape index (κ1) is 14.4. The van der Waals surface area contributed by atoms with E-state index in [-0.39, 0.29) is 0 Å². The molecule has 1 aliphatic carbocycles. The molecule has 0 bridgehead atoms. The Hall–Kier alpha value is -2.16. The van der Waals surface area contributed by atoms with E-state index in [0.717, 1.165) is 38.6 Å². The minimum Gasteiger partial charge on any atom is -0.385 e. The Morgan fingerprint density at radius 1 is 0.739 bits per heavy atom. The van der Waals surface area contributed by atoms with Gasteiger partial charge in [-0.2, -0.15) is 0 Å². The van der Waals surface area contributed by atoms with E-state index in [1.165, 1.54) is 29.9 Å². The summed E-state index contributed by atoms with van der Waals surface area (Å²) in [5.74, 6) is 0.917. The molecule has 1 aliphatic heterocycles. The van der Waals surface area contributed by atoms with Crippen molar-refractivity contribution in [2.24, 2.45) is 5.92 Å². The van der Waals surface area contributed by atoms with Crippen LogP contribution in [0.5, 0.6) is 0 Å². The Morgan fingerprint density at radius 3 is 1.87 bits per heavy atom. The summed E-state index contributed by atoms with van der Waals surface area (Å²) in [6, 6.07) is 19.7. The third-order valence-electron chi connectivity index (χ3n) is 4.93. The van der Waals surface area contributed by atoms with Gasteiger partial charge in [-0.05, 0) is 55.2 Å². The van der Waals surface area contributed by atoms with E-state index >= 15 is 0 Å². The van der Waals surface area contributed by atoms with Gasteiger partial charge in [-0.15, -0.1) is 0 Å². The van der Waals surface area contributed by atoms with Crippen LogP contribution in [0.3, 0.4) is 0 Å². The summed E-state index contributed by atoms with van der Waals surface area (Å²) in [5.41, 5.74) is 3.94. The molecule has 0 radical (unpaired) electrons. The number of piperazine rings is 1. The minimum atomic E-state index is 0.917. The van der Waals surface area contributed by atoms with Crippen molar-refractivity contribution < 1.29 is 0 Å². The number of hydrogen-bond donors (Lipinski definition) is 1. The van der Waals surface area contributed by atoms with Crippen molar-refractivity contribution in [3.8, 4) is 0 Å². The topological polar surface area (TPSA) is 18.5 Å². The van der Waals surface area contributed by atoms with Gasteiger partial charge in [-0.25, -0.2) is 0 Å². The summed E-state index contributed by atoms with van der Waals surface area (Å²) in [5, 5.41) is 3.54. The van der Waals surface area contributed by atoms with Gasteiger partial charge in [0.05, 0.1) is 0 Å². The lowest BCUT2D eigenvalue weighted by molar-refractivity contribution is 0.653. The van der Waals surface area contributed by atoms with Gasteiger partial charge in [0.15, 0.2) is 0 Å². The van der Waals surface area contributed by atoms with E-state index in [0.29, 0.717) is 0 Å². The van der Waals surface area contributed by atoms with Crippen molar-refractivity contribution in [2.45, 2.75) is 12.8 Å². The van der Waals surface area contributed by atoms with Crippen LogP contribution in [0, 0.1) is 5.92 Å². The zero-order chi connectivity index (χ0) is 15.5. The highest BCUT2D eigenvalue weighted by Crippen LogP contribution is 2.29. The van der Waals surface area contributed by atoms with Crippen LogP contribution in [0.25, 0.3) is 0 Å². The normalized spacial score (nSPS) is 18.1. The van der Waals surface area contributed by atoms with E-state index in [2.05, 4.69) is 69.7 Å². The van der Waals surface area contributed by atoms with Crippen LogP contribution >= 0.6 is 0 Å². The Morgan fingerprint density at radius 2 is 1.30 bits per heavy atom. The molecule has 2 aromatic rings. The predicted octanol–water partition coefficient (Wildman–Crippen LogP) is 3.84. The second-order valence-corrected chi connectivity index (χ2v) is 6.68. The Bertz CT molecular complexity index is 611. The second-order valence-electron chi connectivity index (χ2n) is 6.68. The maximum absolute atomic E-state index is 3.54. The Labute approximate surface area is 138 Å². The molecular formula is C20H25N3. The van der Waals surface area contributed by atoms with Crippen molar-refractivity contribution in [3.05, 3.63) is 54.6 Å². The van der Waals surface area contributed by atoms with Crippen LogP contribution in [0.1, 0.15) is 12.8 Å². The van der Waals surface area contributed by atoms with Crippen LogP contribution in [-0.2, 0) is 0 Å². The van der Waals surface area contributed by atoms with Gasteiger partial charge in [0.1, 0.15) is 0 Å². The number of benzene rings is 2. The van der Waals surface area contributed by atoms with E-state index in [1.54, 1.807) is 0 Å². The quantitative estimate of drug-likeness (QED) is 0.905. The van der Waals surface area contributed by atoms with Crippen LogP contribution in [0.4, 0.5) is 17.1 Å². The first-order chi connectivity index (χ1) is 11.4. The van der Waals surface area contributed by atoms with E-state index < -0.39 is 0 Å². The Kier molecular flexibility index (Phi) is 4.10. The van der Waals surface area contributed by atoms with Gasteiger partial charge in [0.2, 0.25) is 0 Å². The standard InChI is InChI=1S/C20H25N3/c1-2-4-19(5-3-1)22-12-14-23(15-13-22)20-10-8-18(9-11-20)21-16-17-6-7-17/h1-5,8-11,17,21H,6-7,12-16H2. The fourth-order valence-corrected chi connectivity index (χ4v) is 3.24. The highest BCUT2D eigenvalue weighted by Gasteiger charge is 2.20. The minimum absolute atomic E-state index is 0.917. The molecule has 2 aromatic carbocycles. The number of nitrogens with one attached hydrogen (secondary N) is 1. The molecule has 2 fully saturated rings. The summed E-state index contributed by atoms with van der Waals surface area (Å²) in [6.45, 7) is 5.49. The summed E-state index contributed by atoms with van der Waals surface area (Å²) in [4.78, 5) is 4.96. The molecule has 3 nitrogen and oxygen atoms in total. The lowest BCUT2D eigenvalue weighted by Crippen LogP contribution is -2.46. The van der Waals surface area contributed by atoms with Gasteiger partial charge in [0.25, 0.3) is 0 Å². The molecule has 0 spiro atoms. The van der Waals surface area contributed by atoms with Crippen LogP contribution in [0.2, 0.25) is 0 Å². The predicted molar refractivity (Wildman–Crippen MR) is 98.5 cm³/mol. The smallest absolute Gasteiger partial charge is 0.0368 e. The second kappa shape index (κ2) is 6.53. The van der Waals surface area contributed by atoms with Crippen molar-refractivity contribution in [2.75, 3.05) is 47.8 Å². The van der Waals surface area contributed by atoms with Gasteiger partial charge in [-0.3, -0.25) is 0 Å². The highest BCUT2D eigenvalue weighted by atomic mass is 15.3. The molecule has 0 aromatic heterocycles. The molecule has 1 saturated carbocycles. The number of rotatable bonds is 5. The maximum Gasteiger partial charge on any atom is 0.0368 e. The molecule has 1 saturated heterocycles. The lowest BCUT2D eigenvalue weighted by atomic mass is 10.2. The molecule has 4 rings (SSSR count). The molecule has 1 N–H and O–H groups in total. The van der Waals surface area contributed by atoms with Crippen LogP contribution in [0.15, 0.2) is 54.6 Å². The molecule has 2 aliphatic rings. The van der Waals surface area contributed by atoms with Crippen molar-refractivity contribution in [3.63, 3.8) is 0 Å². The fraction of sp³-hybridized carbons (Fsp3) is 0.400. The fourth-order valence-electron chi connectivity index (χ4n) is 3.24. The first-order valence-electron chi connectivity index (χ1n) is 8.77. The molecule has 0 unspecified atom stereocenters. The van der Waals surface area contributed by atoms with Crippen molar-refractivity contribution >= 4 is 17.1 Å². The molecule has 120 valence electrons. The van der Waals surface area contributed by atoms with Crippen molar-refractivity contribution in [1.29, 1.82) is 0 Å². The first-order valence-corrected chi connectivity index (χ1v) is 8.77. The average molecular weight is 307 g/mol. The zero-order valence-electron chi connectivity index (χ0n) is 13.6. The van der Waals surface area contributed by atoms with Gasteiger partial charge >= 0.3 is 0 Å². The zero-order valence-corrected chi connectivity index (χ0v) is 13.6. The third-order valence-corrected chi connectivity index (χ3v) is 4.93. The van der Waals surface area contributed by atoms with Gasteiger partial charge < -0.3 is 15.1 Å². The third kappa shape index (κ3) is 3.61. The maximum atomic E-state index is 3.54. The highest BCUT2D eigenvalue weighted by molar-refractivity contribution is 5.56. The van der Waals surface area contributed by atoms with Gasteiger partial charge in [-0.1, -0.05) is 18.2 Å². The largest absolute Gasteiger partial charge is 0.385 e. The van der Waals surface area contributed by atoms with E-state index in [1.807, 2.05) is 0 Å². The van der Waals surface area contributed by atoms with Gasteiger partial charge in [0, 0.05) is 49.8 Å². The SMILES string of the molecule is c1ccc(N2CCN(c3ccc(NCC4CC4)cc3)CC2)cc1. The molecule has 3 heteroatoms. The van der Waals surface area contributed by atoms with E-state index in [4.69, 9.17) is 0 Å². The van der Waals surface area contributed by atoms with E-state index in [9.17, 15) is 0 Å². The summed E-state index contributed by atoms with van der Waals surface area (Å²) >= 11 is 0. The monoisotopic (exact) mass is 307 g/mol. The summed E-state index contributed by atoms with van der Waals surface area (Å²) < 4.78 is 0. The molecule has 1 heterocycles. The number of hydrogen-bond acceptors (Lipinski definition) is 3. The number of nitrogens with zero attached hydrogens (tertiary/aromatic N) is 2.